The fourth-order valence-corrected chi connectivity index (χ4v) is 2.90. The van der Waals surface area contributed by atoms with Gasteiger partial charge in [-0.05, 0) is 41.9 Å². The first-order valence-electron chi connectivity index (χ1n) is 8.57. The quantitative estimate of drug-likeness (QED) is 0.552. The summed E-state index contributed by atoms with van der Waals surface area (Å²) < 4.78 is 20.7. The number of aromatic nitrogens is 5. The molecule has 3 rings (SSSR count). The molecule has 1 amide bonds. The van der Waals surface area contributed by atoms with Crippen LogP contribution in [0.2, 0.25) is 0 Å². The van der Waals surface area contributed by atoms with Crippen LogP contribution in [0, 0.1) is 5.82 Å². The molecular formula is C18H18BrFN6O2. The Kier molecular flexibility index (Phi) is 6.30. The smallest absolute Gasteiger partial charge is 0.316 e. The second-order valence-corrected chi connectivity index (χ2v) is 6.81. The van der Waals surface area contributed by atoms with Crippen molar-refractivity contribution in [3.05, 3.63) is 58.8 Å². The van der Waals surface area contributed by atoms with Crippen LogP contribution < -0.4 is 4.74 Å². The second-order valence-electron chi connectivity index (χ2n) is 5.89. The van der Waals surface area contributed by atoms with Crippen LogP contribution in [0.5, 0.6) is 6.01 Å². The van der Waals surface area contributed by atoms with E-state index in [-0.39, 0.29) is 35.8 Å². The van der Waals surface area contributed by atoms with Crippen molar-refractivity contribution in [1.29, 1.82) is 0 Å². The van der Waals surface area contributed by atoms with Gasteiger partial charge in [0, 0.05) is 18.9 Å². The Morgan fingerprint density at radius 2 is 1.96 bits per heavy atom. The fraction of sp³-hybridized carbons (Fsp3) is 0.278. The lowest BCUT2D eigenvalue weighted by molar-refractivity contribution is 0.0642. The summed E-state index contributed by atoms with van der Waals surface area (Å²) in [6.07, 6.45) is 6.00. The lowest BCUT2D eigenvalue weighted by Crippen LogP contribution is -2.42. The zero-order valence-electron chi connectivity index (χ0n) is 15.3. The average molecular weight is 449 g/mol. The van der Waals surface area contributed by atoms with Gasteiger partial charge in [-0.1, -0.05) is 6.07 Å². The Morgan fingerprint density at radius 3 is 2.61 bits per heavy atom. The normalized spacial score (nSPS) is 11.9. The number of carbonyl (C=O) groups is 1. The molecule has 1 atom stereocenters. The number of amides is 1. The number of carbonyl (C=O) groups excluding carboxylic acids is 1. The molecule has 0 aliphatic carbocycles. The molecule has 0 fully saturated rings. The SMILES string of the molecule is CCN(C(=O)c1cccc(F)c1-n1nccn1)C(C)COc1ncc(Br)cn1. The van der Waals surface area contributed by atoms with E-state index in [4.69, 9.17) is 4.74 Å². The van der Waals surface area contributed by atoms with Crippen LogP contribution in [-0.4, -0.2) is 55.0 Å². The molecule has 2 aromatic heterocycles. The van der Waals surface area contributed by atoms with Crippen LogP contribution in [0.15, 0.2) is 47.5 Å². The number of ether oxygens (including phenoxy) is 1. The molecule has 8 nitrogen and oxygen atoms in total. The summed E-state index contributed by atoms with van der Waals surface area (Å²) in [5, 5.41) is 7.91. The standard InChI is InChI=1S/C18H18BrFN6O2/c1-3-25(12(2)11-28-18-21-9-13(19)10-22-18)17(27)14-5-4-6-15(20)16(14)26-23-7-8-24-26/h4-10,12H,3,11H2,1-2H3. The number of rotatable bonds is 7. The van der Waals surface area contributed by atoms with Gasteiger partial charge in [-0.15, -0.1) is 4.80 Å². The number of hydrogen-bond donors (Lipinski definition) is 0. The van der Waals surface area contributed by atoms with Crippen molar-refractivity contribution < 1.29 is 13.9 Å². The molecule has 2 heterocycles. The fourth-order valence-electron chi connectivity index (χ4n) is 2.69. The maximum Gasteiger partial charge on any atom is 0.316 e. The molecule has 0 radical (unpaired) electrons. The Hall–Kier alpha value is -2.88. The molecule has 0 aliphatic rings. The highest BCUT2D eigenvalue weighted by atomic mass is 79.9. The van der Waals surface area contributed by atoms with E-state index in [9.17, 15) is 9.18 Å². The highest BCUT2D eigenvalue weighted by molar-refractivity contribution is 9.10. The highest BCUT2D eigenvalue weighted by Gasteiger charge is 2.25. The number of likely N-dealkylation sites (N-methyl/N-ethyl adjacent to an activating group) is 1. The van der Waals surface area contributed by atoms with E-state index in [1.165, 1.54) is 24.5 Å². The van der Waals surface area contributed by atoms with Gasteiger partial charge in [0.15, 0.2) is 5.82 Å². The van der Waals surface area contributed by atoms with Gasteiger partial charge in [0.05, 0.1) is 28.5 Å². The average Bonchev–Trinajstić information content (AvgIpc) is 3.22. The van der Waals surface area contributed by atoms with Crippen LogP contribution in [0.4, 0.5) is 4.39 Å². The molecule has 0 saturated heterocycles. The predicted molar refractivity (Wildman–Crippen MR) is 103 cm³/mol. The largest absolute Gasteiger partial charge is 0.461 e. The first-order chi connectivity index (χ1) is 13.5. The van der Waals surface area contributed by atoms with Gasteiger partial charge >= 0.3 is 6.01 Å². The topological polar surface area (TPSA) is 86.0 Å². The Balaban J connectivity index is 1.80. The van der Waals surface area contributed by atoms with Gasteiger partial charge in [0.25, 0.3) is 5.91 Å². The molecule has 1 aromatic carbocycles. The minimum absolute atomic E-state index is 0.0142. The maximum atomic E-state index is 14.4. The van der Waals surface area contributed by atoms with Crippen molar-refractivity contribution in [2.24, 2.45) is 0 Å². The number of benzene rings is 1. The van der Waals surface area contributed by atoms with E-state index in [1.807, 2.05) is 13.8 Å². The maximum absolute atomic E-state index is 14.4. The van der Waals surface area contributed by atoms with Crippen LogP contribution in [0.1, 0.15) is 24.2 Å². The summed E-state index contributed by atoms with van der Waals surface area (Å²) in [5.74, 6) is -0.924. The van der Waals surface area contributed by atoms with Crippen molar-refractivity contribution in [2.75, 3.05) is 13.2 Å². The number of hydrogen-bond acceptors (Lipinski definition) is 6. The third-order valence-corrected chi connectivity index (χ3v) is 4.43. The van der Waals surface area contributed by atoms with Crippen molar-refractivity contribution in [2.45, 2.75) is 19.9 Å². The molecule has 0 bridgehead atoms. The van der Waals surface area contributed by atoms with Gasteiger partial charge < -0.3 is 9.64 Å². The minimum atomic E-state index is -0.578. The van der Waals surface area contributed by atoms with Crippen LogP contribution in [0.25, 0.3) is 5.69 Å². The van der Waals surface area contributed by atoms with Crippen molar-refractivity contribution in [3.63, 3.8) is 0 Å². The third-order valence-electron chi connectivity index (χ3n) is 4.02. The van der Waals surface area contributed by atoms with E-state index in [2.05, 4.69) is 36.1 Å². The van der Waals surface area contributed by atoms with E-state index < -0.39 is 5.82 Å². The van der Waals surface area contributed by atoms with Gasteiger partial charge in [-0.2, -0.15) is 10.2 Å². The zero-order valence-corrected chi connectivity index (χ0v) is 16.9. The molecule has 3 aromatic rings. The highest BCUT2D eigenvalue weighted by Crippen LogP contribution is 2.20. The molecule has 10 heteroatoms. The van der Waals surface area contributed by atoms with Gasteiger partial charge in [-0.25, -0.2) is 14.4 Å². The van der Waals surface area contributed by atoms with Crippen molar-refractivity contribution in [1.82, 2.24) is 29.9 Å². The number of halogens is 2. The first-order valence-corrected chi connectivity index (χ1v) is 9.37. The van der Waals surface area contributed by atoms with E-state index in [0.29, 0.717) is 6.54 Å². The number of nitrogens with zero attached hydrogens (tertiary/aromatic N) is 6. The molecule has 1 unspecified atom stereocenters. The van der Waals surface area contributed by atoms with E-state index in [0.717, 1.165) is 9.27 Å². The summed E-state index contributed by atoms with van der Waals surface area (Å²) in [5.41, 5.74) is 0.185. The second kappa shape index (κ2) is 8.87. The Labute approximate surface area is 169 Å². The molecule has 28 heavy (non-hydrogen) atoms. The lowest BCUT2D eigenvalue weighted by Gasteiger charge is -2.28. The monoisotopic (exact) mass is 448 g/mol. The lowest BCUT2D eigenvalue weighted by atomic mass is 10.1. The summed E-state index contributed by atoms with van der Waals surface area (Å²) in [6.45, 7) is 4.28. The predicted octanol–water partition coefficient (Wildman–Crippen LogP) is 2.89. The molecule has 0 N–H and O–H groups in total. The summed E-state index contributed by atoms with van der Waals surface area (Å²) >= 11 is 3.26. The Bertz CT molecular complexity index is 936. The van der Waals surface area contributed by atoms with Crippen LogP contribution in [-0.2, 0) is 0 Å². The summed E-state index contributed by atoms with van der Waals surface area (Å²) in [6, 6.07) is 4.22. The van der Waals surface area contributed by atoms with Gasteiger partial charge in [0.2, 0.25) is 0 Å². The third kappa shape index (κ3) is 4.33. The molecule has 0 spiro atoms. The molecular weight excluding hydrogens is 431 g/mol. The summed E-state index contributed by atoms with van der Waals surface area (Å²) in [7, 11) is 0. The number of para-hydroxylation sites is 1. The van der Waals surface area contributed by atoms with Gasteiger partial charge in [0.1, 0.15) is 12.3 Å². The van der Waals surface area contributed by atoms with Gasteiger partial charge in [-0.3, -0.25) is 4.79 Å². The molecule has 0 saturated carbocycles. The minimum Gasteiger partial charge on any atom is -0.461 e. The molecule has 146 valence electrons. The zero-order chi connectivity index (χ0) is 20.1. The van der Waals surface area contributed by atoms with Crippen LogP contribution in [0.3, 0.4) is 0 Å². The van der Waals surface area contributed by atoms with E-state index >= 15 is 0 Å². The summed E-state index contributed by atoms with van der Waals surface area (Å²) in [4.78, 5) is 23.9. The van der Waals surface area contributed by atoms with Crippen LogP contribution >= 0.6 is 15.9 Å². The van der Waals surface area contributed by atoms with Crippen molar-refractivity contribution in [3.8, 4) is 11.7 Å². The molecule has 0 aliphatic heterocycles. The van der Waals surface area contributed by atoms with Crippen molar-refractivity contribution >= 4 is 21.8 Å². The Morgan fingerprint density at radius 1 is 1.29 bits per heavy atom. The first kappa shape index (κ1) is 19.9. The van der Waals surface area contributed by atoms with E-state index in [1.54, 1.807) is 23.4 Å².